The Morgan fingerprint density at radius 2 is 1.74 bits per heavy atom. The Morgan fingerprint density at radius 1 is 1.03 bits per heavy atom. The van der Waals surface area contributed by atoms with Crippen molar-refractivity contribution in [3.05, 3.63) is 53.7 Å². The van der Waals surface area contributed by atoms with E-state index in [9.17, 15) is 15.0 Å². The lowest BCUT2D eigenvalue weighted by Crippen LogP contribution is -2.36. The van der Waals surface area contributed by atoms with Crippen LogP contribution in [0.15, 0.2) is 42.6 Å². The summed E-state index contributed by atoms with van der Waals surface area (Å²) in [5.41, 5.74) is 4.80. The molecule has 6 heteroatoms. The molecule has 178 valence electrons. The highest BCUT2D eigenvalue weighted by Gasteiger charge is 2.33. The van der Waals surface area contributed by atoms with Crippen LogP contribution in [0.2, 0.25) is 0 Å². The average molecular weight is 460 g/mol. The number of pyridine rings is 1. The number of nitrogens with zero attached hydrogens (tertiary/aromatic N) is 2. The minimum absolute atomic E-state index is 0.0849. The molecule has 2 saturated carbocycles. The highest BCUT2D eigenvalue weighted by Crippen LogP contribution is 2.39. The van der Waals surface area contributed by atoms with Gasteiger partial charge < -0.3 is 20.4 Å². The molecule has 3 aromatic rings. The highest BCUT2D eigenvalue weighted by atomic mass is 16.3. The number of rotatable bonds is 7. The fraction of sp³-hybridized carbons (Fsp3) is 0.429. The molecule has 0 bridgehead atoms. The molecule has 0 aliphatic heterocycles. The van der Waals surface area contributed by atoms with Crippen molar-refractivity contribution in [2.75, 3.05) is 19.4 Å². The first-order chi connectivity index (χ1) is 16.4. The molecule has 2 aliphatic carbocycles. The summed E-state index contributed by atoms with van der Waals surface area (Å²) in [5, 5.41) is 24.3. The molecular formula is C28H33N3O3. The van der Waals surface area contributed by atoms with Gasteiger partial charge in [0.05, 0.1) is 23.4 Å². The third-order valence-corrected chi connectivity index (χ3v) is 7.44. The molecule has 0 spiro atoms. The summed E-state index contributed by atoms with van der Waals surface area (Å²) in [4.78, 5) is 20.1. The third-order valence-electron chi connectivity index (χ3n) is 7.44. The Balaban J connectivity index is 1.55. The van der Waals surface area contributed by atoms with Crippen LogP contribution < -0.4 is 5.32 Å². The number of hydrogen-bond acceptors (Lipinski definition) is 6. The molecule has 0 atom stereocenters. The van der Waals surface area contributed by atoms with Gasteiger partial charge in [0.2, 0.25) is 0 Å². The molecule has 0 amide bonds. The Hall–Kier alpha value is -2.96. The monoisotopic (exact) mass is 459 g/mol. The van der Waals surface area contributed by atoms with Crippen LogP contribution in [0.5, 0.6) is 5.75 Å². The van der Waals surface area contributed by atoms with Crippen LogP contribution in [0, 0.1) is 5.92 Å². The number of aliphatic hydroxyl groups is 1. The molecule has 0 radical (unpaired) electrons. The smallest absolute Gasteiger partial charge is 0.169 e. The van der Waals surface area contributed by atoms with Crippen LogP contribution in [0.25, 0.3) is 22.0 Å². The van der Waals surface area contributed by atoms with Crippen LogP contribution in [0.4, 0.5) is 5.69 Å². The first kappa shape index (κ1) is 22.8. The van der Waals surface area contributed by atoms with Gasteiger partial charge in [-0.15, -0.1) is 0 Å². The summed E-state index contributed by atoms with van der Waals surface area (Å²) in [6, 6.07) is 12.3. The number of anilines is 1. The van der Waals surface area contributed by atoms with Gasteiger partial charge in [0.15, 0.2) is 5.78 Å². The number of aromatic nitrogens is 1. The number of phenols is 1. The van der Waals surface area contributed by atoms with Crippen molar-refractivity contribution in [2.45, 2.75) is 57.2 Å². The van der Waals surface area contributed by atoms with Crippen LogP contribution in [0.1, 0.15) is 54.4 Å². The Kier molecular flexibility index (Phi) is 6.28. The van der Waals surface area contributed by atoms with Crippen LogP contribution in [-0.4, -0.2) is 52.1 Å². The van der Waals surface area contributed by atoms with Crippen molar-refractivity contribution in [3.63, 3.8) is 0 Å². The molecule has 3 N–H and O–H groups in total. The van der Waals surface area contributed by atoms with E-state index in [1.54, 1.807) is 18.3 Å². The summed E-state index contributed by atoms with van der Waals surface area (Å²) in [7, 11) is 4.29. The van der Waals surface area contributed by atoms with Gasteiger partial charge in [-0.25, -0.2) is 0 Å². The van der Waals surface area contributed by atoms with Gasteiger partial charge in [-0.05, 0) is 88.0 Å². The lowest BCUT2D eigenvalue weighted by Gasteiger charge is -2.34. The number of benzene rings is 2. The van der Waals surface area contributed by atoms with E-state index in [4.69, 9.17) is 0 Å². The topological polar surface area (TPSA) is 85.7 Å². The molecule has 6 nitrogen and oxygen atoms in total. The van der Waals surface area contributed by atoms with E-state index in [0.29, 0.717) is 23.2 Å². The summed E-state index contributed by atoms with van der Waals surface area (Å²) in [5.74, 6) is 0.398. The minimum atomic E-state index is -0.225. The van der Waals surface area contributed by atoms with Gasteiger partial charge in [-0.2, -0.15) is 0 Å². The number of Topliss-reactive ketones (excluding diaryl/α,β-unsaturated/α-hetero) is 1. The lowest BCUT2D eigenvalue weighted by molar-refractivity contribution is 0.0968. The van der Waals surface area contributed by atoms with Gasteiger partial charge in [-0.3, -0.25) is 9.78 Å². The van der Waals surface area contributed by atoms with Crippen molar-refractivity contribution < 1.29 is 15.0 Å². The maximum Gasteiger partial charge on any atom is 0.169 e. The quantitative estimate of drug-likeness (QED) is 0.432. The van der Waals surface area contributed by atoms with E-state index < -0.39 is 0 Å². The second kappa shape index (κ2) is 9.35. The molecule has 0 saturated heterocycles. The molecule has 2 fully saturated rings. The molecule has 1 aromatic heterocycles. The zero-order chi connectivity index (χ0) is 23.8. The van der Waals surface area contributed by atoms with Crippen LogP contribution in [0.3, 0.4) is 0 Å². The zero-order valence-electron chi connectivity index (χ0n) is 19.9. The first-order valence-electron chi connectivity index (χ1n) is 12.3. The molecule has 34 heavy (non-hydrogen) atoms. The lowest BCUT2D eigenvalue weighted by atomic mass is 9.89. The summed E-state index contributed by atoms with van der Waals surface area (Å²) < 4.78 is 0. The number of aromatic hydroxyl groups is 1. The molecule has 2 aliphatic rings. The Bertz CT molecular complexity index is 1210. The summed E-state index contributed by atoms with van der Waals surface area (Å²) in [6.45, 7) is -0.225. The Labute approximate surface area is 200 Å². The first-order valence-corrected chi connectivity index (χ1v) is 12.3. The number of hydrogen-bond donors (Lipinski definition) is 3. The number of carbonyl (C=O) groups excluding carboxylic acids is 1. The molecular weight excluding hydrogens is 426 g/mol. The zero-order valence-corrected chi connectivity index (χ0v) is 19.9. The van der Waals surface area contributed by atoms with E-state index >= 15 is 0 Å². The predicted octanol–water partition coefficient (Wildman–Crippen LogP) is 4.98. The number of aliphatic hydroxyl groups excluding tert-OH is 1. The number of fused-ring (bicyclic) bond motifs is 1. The standard InChI is InChI=1S/C28H33N3O3/c1-31(2)22-9-7-21(8-10-22)30-27-23-14-19(18-6-12-26(33)20(13-18)16-32)5-11-25(23)29-15-24(27)28(34)17-3-4-17/h5-6,11-15,17,21-22,32-33H,3-4,7-10,16H2,1-2H3,(H,29,30)/t21-,22-. The SMILES string of the molecule is CN(C)[C@H]1CC[C@H](Nc2c(C(=O)C3CC3)cnc3ccc(-c4ccc(O)c(CO)c4)cc23)CC1. The van der Waals surface area contributed by atoms with E-state index in [0.717, 1.165) is 66.2 Å². The van der Waals surface area contributed by atoms with E-state index in [1.807, 2.05) is 18.2 Å². The second-order valence-corrected chi connectivity index (χ2v) is 10.0. The minimum Gasteiger partial charge on any atom is -0.508 e. The van der Waals surface area contributed by atoms with Crippen LogP contribution >= 0.6 is 0 Å². The highest BCUT2D eigenvalue weighted by molar-refractivity contribution is 6.10. The van der Waals surface area contributed by atoms with Crippen molar-refractivity contribution in [3.8, 4) is 16.9 Å². The van der Waals surface area contributed by atoms with E-state index in [1.165, 1.54) is 0 Å². The number of ketones is 1. The van der Waals surface area contributed by atoms with Gasteiger partial charge >= 0.3 is 0 Å². The van der Waals surface area contributed by atoms with Gasteiger partial charge in [0.25, 0.3) is 0 Å². The molecule has 1 heterocycles. The largest absolute Gasteiger partial charge is 0.508 e. The van der Waals surface area contributed by atoms with Crippen LogP contribution in [-0.2, 0) is 6.61 Å². The third kappa shape index (κ3) is 4.52. The van der Waals surface area contributed by atoms with Crippen molar-refractivity contribution in [1.29, 1.82) is 0 Å². The maximum atomic E-state index is 13.2. The molecule has 0 unspecified atom stereocenters. The fourth-order valence-corrected chi connectivity index (χ4v) is 5.11. The average Bonchev–Trinajstić information content (AvgIpc) is 3.70. The number of nitrogens with one attached hydrogen (secondary N) is 1. The van der Waals surface area contributed by atoms with E-state index in [-0.39, 0.29) is 24.1 Å². The molecule has 2 aromatic carbocycles. The number of carbonyl (C=O) groups is 1. The van der Waals surface area contributed by atoms with Crippen molar-refractivity contribution in [2.24, 2.45) is 5.92 Å². The maximum absolute atomic E-state index is 13.2. The summed E-state index contributed by atoms with van der Waals surface area (Å²) >= 11 is 0. The van der Waals surface area contributed by atoms with Gasteiger partial charge in [0.1, 0.15) is 5.75 Å². The normalized spacial score (nSPS) is 20.6. The van der Waals surface area contributed by atoms with E-state index in [2.05, 4.69) is 35.4 Å². The fourth-order valence-electron chi connectivity index (χ4n) is 5.11. The van der Waals surface area contributed by atoms with Crippen molar-refractivity contribution in [1.82, 2.24) is 9.88 Å². The van der Waals surface area contributed by atoms with Crippen molar-refractivity contribution >= 4 is 22.4 Å². The molecule has 5 rings (SSSR count). The summed E-state index contributed by atoms with van der Waals surface area (Å²) in [6.07, 6.45) is 8.09. The second-order valence-electron chi connectivity index (χ2n) is 10.0. The predicted molar refractivity (Wildman–Crippen MR) is 135 cm³/mol. The Morgan fingerprint density at radius 3 is 2.41 bits per heavy atom. The van der Waals surface area contributed by atoms with Gasteiger partial charge in [-0.1, -0.05) is 12.1 Å². The van der Waals surface area contributed by atoms with Gasteiger partial charge in [0, 0.05) is 35.1 Å².